The zero-order chi connectivity index (χ0) is 23.0. The van der Waals surface area contributed by atoms with E-state index in [1.807, 2.05) is 18.5 Å². The van der Waals surface area contributed by atoms with E-state index >= 15 is 0 Å². The topological polar surface area (TPSA) is 64.4 Å². The normalized spacial score (nSPS) is 29.5. The highest BCUT2D eigenvalue weighted by Crippen LogP contribution is 2.75. The van der Waals surface area contributed by atoms with Crippen LogP contribution in [0.5, 0.6) is 5.75 Å². The molecule has 3 aromatic rings. The number of benzene rings is 2. The van der Waals surface area contributed by atoms with Crippen molar-refractivity contribution in [3.05, 3.63) is 76.3 Å². The maximum atomic E-state index is 13.9. The number of aromatic nitrogens is 2. The lowest BCUT2D eigenvalue weighted by Gasteiger charge is -2.71. The highest BCUT2D eigenvalue weighted by atomic mass is 35.5. The Morgan fingerprint density at radius 3 is 2.82 bits per heavy atom. The third-order valence-electron chi connectivity index (χ3n) is 7.70. The van der Waals surface area contributed by atoms with E-state index in [1.54, 1.807) is 35.9 Å². The van der Waals surface area contributed by atoms with Crippen LogP contribution in [0.25, 0.3) is 5.69 Å². The summed E-state index contributed by atoms with van der Waals surface area (Å²) in [6.07, 6.45) is 6.03. The number of ether oxygens (including phenoxy) is 1. The number of aliphatic hydroxyl groups is 1. The molecule has 3 saturated carbocycles. The Kier molecular flexibility index (Phi) is 4.52. The number of aryl methyl sites for hydroxylation is 1. The van der Waals surface area contributed by atoms with Crippen molar-refractivity contribution in [1.29, 1.82) is 0 Å². The molecule has 5 nitrogen and oxygen atoms in total. The minimum atomic E-state index is -0.752. The van der Waals surface area contributed by atoms with Gasteiger partial charge >= 0.3 is 0 Å². The van der Waals surface area contributed by atoms with E-state index in [4.69, 9.17) is 16.3 Å². The van der Waals surface area contributed by atoms with Gasteiger partial charge in [0, 0.05) is 35.0 Å². The fraction of sp³-hybridized carbons (Fsp3) is 0.385. The molecule has 3 aliphatic carbocycles. The third-order valence-corrected chi connectivity index (χ3v) is 7.94. The summed E-state index contributed by atoms with van der Waals surface area (Å²) in [5.74, 6) is 0.340. The van der Waals surface area contributed by atoms with E-state index in [0.717, 1.165) is 24.8 Å². The van der Waals surface area contributed by atoms with Gasteiger partial charge in [-0.05, 0) is 73.1 Å². The van der Waals surface area contributed by atoms with Gasteiger partial charge in [-0.25, -0.2) is 9.07 Å². The number of carbonyl (C=O) groups is 1. The minimum Gasteiger partial charge on any atom is -0.482 e. The van der Waals surface area contributed by atoms with Gasteiger partial charge in [-0.15, -0.1) is 0 Å². The standard InChI is InChI=1S/C26H24ClFN2O3/c1-15-2-4-18(7-20(15)28)30-11-16(10-29-30)26-12-25(13-26,14-26)9-22(32)24-8-21(31)19-6-17(27)3-5-23(19)33-24/h2-7,10-11,21,24,31H,8-9,12-14H2,1H3/t21-,24+,25?,26?/m1/s1. The largest absolute Gasteiger partial charge is 0.482 e. The summed E-state index contributed by atoms with van der Waals surface area (Å²) in [4.78, 5) is 13.0. The van der Waals surface area contributed by atoms with Crippen molar-refractivity contribution >= 4 is 17.4 Å². The number of Topliss-reactive ketones (excluding diaryl/α,β-unsaturated/α-hetero) is 1. The Bertz CT molecular complexity index is 1270. The molecule has 0 amide bonds. The molecule has 1 aliphatic heterocycles. The maximum Gasteiger partial charge on any atom is 0.173 e. The van der Waals surface area contributed by atoms with Crippen LogP contribution in [0.1, 0.15) is 54.9 Å². The van der Waals surface area contributed by atoms with E-state index in [2.05, 4.69) is 5.10 Å². The minimum absolute atomic E-state index is 0.0176. The van der Waals surface area contributed by atoms with Crippen LogP contribution in [0, 0.1) is 18.2 Å². The highest BCUT2D eigenvalue weighted by molar-refractivity contribution is 6.30. The number of aliphatic hydroxyl groups excluding tert-OH is 1. The average molecular weight is 467 g/mol. The van der Waals surface area contributed by atoms with Crippen LogP contribution in [0.2, 0.25) is 5.02 Å². The number of hydrogen-bond donors (Lipinski definition) is 1. The molecule has 0 spiro atoms. The molecule has 2 bridgehead atoms. The molecule has 2 heterocycles. The molecule has 33 heavy (non-hydrogen) atoms. The zero-order valence-corrected chi connectivity index (χ0v) is 19.0. The second-order valence-electron chi connectivity index (χ2n) is 10.1. The predicted octanol–water partition coefficient (Wildman–Crippen LogP) is 5.24. The maximum absolute atomic E-state index is 13.9. The van der Waals surface area contributed by atoms with Gasteiger partial charge < -0.3 is 9.84 Å². The zero-order valence-electron chi connectivity index (χ0n) is 18.2. The van der Waals surface area contributed by atoms with Crippen LogP contribution in [-0.4, -0.2) is 26.8 Å². The summed E-state index contributed by atoms with van der Waals surface area (Å²) in [6, 6.07) is 10.2. The number of nitrogens with zero attached hydrogens (tertiary/aromatic N) is 2. The van der Waals surface area contributed by atoms with Crippen molar-refractivity contribution in [2.75, 3.05) is 0 Å². The number of halogens is 2. The van der Waals surface area contributed by atoms with E-state index < -0.39 is 12.2 Å². The van der Waals surface area contributed by atoms with Gasteiger partial charge in [0.2, 0.25) is 0 Å². The molecule has 2 atom stereocenters. The quantitative estimate of drug-likeness (QED) is 0.558. The second-order valence-corrected chi connectivity index (χ2v) is 10.5. The summed E-state index contributed by atoms with van der Waals surface area (Å²) in [6.45, 7) is 1.74. The first-order chi connectivity index (χ1) is 15.8. The summed E-state index contributed by atoms with van der Waals surface area (Å²) in [5, 5.41) is 15.5. The predicted molar refractivity (Wildman–Crippen MR) is 121 cm³/mol. The van der Waals surface area contributed by atoms with Gasteiger partial charge in [-0.3, -0.25) is 4.79 Å². The Morgan fingerprint density at radius 2 is 2.06 bits per heavy atom. The molecule has 1 aromatic heterocycles. The Balaban J connectivity index is 1.11. The molecule has 7 heteroatoms. The molecule has 2 aromatic carbocycles. The van der Waals surface area contributed by atoms with Crippen LogP contribution in [0.15, 0.2) is 48.8 Å². The van der Waals surface area contributed by atoms with Gasteiger partial charge in [-0.2, -0.15) is 5.10 Å². The van der Waals surface area contributed by atoms with Crippen molar-refractivity contribution in [3.8, 4) is 11.4 Å². The third kappa shape index (κ3) is 3.30. The Hall–Kier alpha value is -2.70. The first-order valence-corrected chi connectivity index (χ1v) is 11.6. The molecular formula is C26H24ClFN2O3. The second kappa shape index (κ2) is 7.15. The van der Waals surface area contributed by atoms with Crippen molar-refractivity contribution in [2.45, 2.75) is 56.7 Å². The summed E-state index contributed by atoms with van der Waals surface area (Å²) >= 11 is 6.02. The lowest BCUT2D eigenvalue weighted by molar-refractivity contribution is -0.163. The number of carbonyl (C=O) groups excluding carboxylic acids is 1. The van der Waals surface area contributed by atoms with Crippen LogP contribution < -0.4 is 4.74 Å². The Morgan fingerprint density at radius 1 is 1.27 bits per heavy atom. The average Bonchev–Trinajstić information content (AvgIpc) is 3.21. The first-order valence-electron chi connectivity index (χ1n) is 11.2. The highest BCUT2D eigenvalue weighted by Gasteiger charge is 2.69. The molecule has 4 aliphatic rings. The SMILES string of the molecule is Cc1ccc(-n2cc(C34CC(CC(=O)[C@@H]5C[C@@H](O)c6cc(Cl)ccc6O5)(C3)C4)cn2)cc1F. The number of rotatable bonds is 5. The van der Waals surface area contributed by atoms with Crippen LogP contribution in [-0.2, 0) is 10.2 Å². The number of hydrogen-bond acceptors (Lipinski definition) is 4. The molecule has 170 valence electrons. The fourth-order valence-electron chi connectivity index (χ4n) is 6.05. The molecule has 3 fully saturated rings. The van der Waals surface area contributed by atoms with Gasteiger partial charge in [0.05, 0.1) is 18.0 Å². The first kappa shape index (κ1) is 20.9. The van der Waals surface area contributed by atoms with Gasteiger partial charge in [0.1, 0.15) is 11.6 Å². The van der Waals surface area contributed by atoms with Crippen molar-refractivity contribution in [1.82, 2.24) is 9.78 Å². The Labute approximate surface area is 196 Å². The smallest absolute Gasteiger partial charge is 0.173 e. The summed E-state index contributed by atoms with van der Waals surface area (Å²) in [5.41, 5.74) is 3.19. The monoisotopic (exact) mass is 466 g/mol. The molecule has 1 N–H and O–H groups in total. The fourth-order valence-corrected chi connectivity index (χ4v) is 6.23. The van der Waals surface area contributed by atoms with Crippen molar-refractivity contribution < 1.29 is 19.0 Å². The van der Waals surface area contributed by atoms with E-state index in [-0.39, 0.29) is 28.9 Å². The van der Waals surface area contributed by atoms with Crippen molar-refractivity contribution in [3.63, 3.8) is 0 Å². The van der Waals surface area contributed by atoms with E-state index in [9.17, 15) is 14.3 Å². The van der Waals surface area contributed by atoms with Gasteiger partial charge in [0.15, 0.2) is 11.9 Å². The molecule has 0 unspecified atom stereocenters. The van der Waals surface area contributed by atoms with Crippen LogP contribution in [0.3, 0.4) is 0 Å². The van der Waals surface area contributed by atoms with E-state index in [1.165, 1.54) is 6.07 Å². The van der Waals surface area contributed by atoms with Crippen LogP contribution in [0.4, 0.5) is 4.39 Å². The summed E-state index contributed by atoms with van der Waals surface area (Å²) in [7, 11) is 0. The number of ketones is 1. The lowest BCUT2D eigenvalue weighted by atomic mass is 9.32. The van der Waals surface area contributed by atoms with E-state index in [0.29, 0.717) is 34.0 Å². The molecular weight excluding hydrogens is 443 g/mol. The van der Waals surface area contributed by atoms with Gasteiger partial charge in [0.25, 0.3) is 0 Å². The lowest BCUT2D eigenvalue weighted by Crippen LogP contribution is -2.65. The van der Waals surface area contributed by atoms with Gasteiger partial charge in [-0.1, -0.05) is 17.7 Å². The molecule has 0 saturated heterocycles. The molecule has 0 radical (unpaired) electrons. The number of fused-ring (bicyclic) bond motifs is 1. The molecule has 7 rings (SSSR count). The van der Waals surface area contributed by atoms with Crippen LogP contribution >= 0.6 is 11.6 Å². The summed E-state index contributed by atoms with van der Waals surface area (Å²) < 4.78 is 21.6. The van der Waals surface area contributed by atoms with Crippen molar-refractivity contribution in [2.24, 2.45) is 5.41 Å².